The quantitative estimate of drug-likeness (QED) is 0.903. The second kappa shape index (κ2) is 6.15. The highest BCUT2D eigenvalue weighted by molar-refractivity contribution is 5.79. The van der Waals surface area contributed by atoms with Gasteiger partial charge in [0.05, 0.1) is 0 Å². The molecule has 1 amide bonds. The summed E-state index contributed by atoms with van der Waals surface area (Å²) in [6, 6.07) is 7.00. The molecule has 3 nitrogen and oxygen atoms in total. The maximum Gasteiger partial charge on any atom is 0.225 e. The van der Waals surface area contributed by atoms with Gasteiger partial charge in [-0.2, -0.15) is 0 Å². The molecule has 0 radical (unpaired) electrons. The number of hydrogen-bond acceptors (Lipinski definition) is 2. The Bertz CT molecular complexity index is 450. The summed E-state index contributed by atoms with van der Waals surface area (Å²) in [5, 5.41) is 3.31. The summed E-state index contributed by atoms with van der Waals surface area (Å²) in [5.74, 6) is -0.283. The molecule has 1 aliphatic rings. The summed E-state index contributed by atoms with van der Waals surface area (Å²) >= 11 is 0. The molecule has 1 aliphatic heterocycles. The van der Waals surface area contributed by atoms with Crippen molar-refractivity contribution in [2.45, 2.75) is 26.3 Å². The number of hydrogen-bond donors (Lipinski definition) is 1. The van der Waals surface area contributed by atoms with Gasteiger partial charge in [-0.1, -0.05) is 25.1 Å². The van der Waals surface area contributed by atoms with Crippen molar-refractivity contribution in [2.75, 3.05) is 19.6 Å². The number of piperazine rings is 1. The van der Waals surface area contributed by atoms with Crippen LogP contribution in [0.3, 0.4) is 0 Å². The van der Waals surface area contributed by atoms with E-state index in [1.165, 1.54) is 6.07 Å². The van der Waals surface area contributed by atoms with Crippen LogP contribution < -0.4 is 5.32 Å². The van der Waals surface area contributed by atoms with Crippen LogP contribution in [0.1, 0.15) is 19.4 Å². The lowest BCUT2D eigenvalue weighted by molar-refractivity contribution is -0.136. The average molecular weight is 264 g/mol. The summed E-state index contributed by atoms with van der Waals surface area (Å²) in [5.41, 5.74) is 0.617. The molecular weight excluding hydrogens is 243 g/mol. The molecule has 0 spiro atoms. The summed E-state index contributed by atoms with van der Waals surface area (Å²) < 4.78 is 13.6. The molecule has 2 atom stereocenters. The van der Waals surface area contributed by atoms with Crippen LogP contribution in [0.4, 0.5) is 4.39 Å². The Morgan fingerprint density at radius 3 is 2.95 bits per heavy atom. The van der Waals surface area contributed by atoms with E-state index in [0.717, 1.165) is 19.6 Å². The van der Waals surface area contributed by atoms with Crippen molar-refractivity contribution in [2.24, 2.45) is 5.92 Å². The van der Waals surface area contributed by atoms with Crippen molar-refractivity contribution < 1.29 is 9.18 Å². The third kappa shape index (κ3) is 3.53. The van der Waals surface area contributed by atoms with E-state index in [1.807, 2.05) is 17.9 Å². The molecular formula is C15H21FN2O. The minimum Gasteiger partial charge on any atom is -0.340 e. The fourth-order valence-corrected chi connectivity index (χ4v) is 2.53. The predicted molar refractivity (Wildman–Crippen MR) is 73.3 cm³/mol. The van der Waals surface area contributed by atoms with E-state index in [2.05, 4.69) is 12.2 Å². The molecule has 1 fully saturated rings. The van der Waals surface area contributed by atoms with Crippen molar-refractivity contribution in [3.8, 4) is 0 Å². The molecule has 2 rings (SSSR count). The Labute approximate surface area is 113 Å². The van der Waals surface area contributed by atoms with Crippen LogP contribution in [0.25, 0.3) is 0 Å². The van der Waals surface area contributed by atoms with E-state index in [-0.39, 0.29) is 17.6 Å². The maximum absolute atomic E-state index is 13.6. The first-order valence-electron chi connectivity index (χ1n) is 6.83. The van der Waals surface area contributed by atoms with Gasteiger partial charge in [-0.3, -0.25) is 4.79 Å². The molecule has 0 bridgehead atoms. The Balaban J connectivity index is 1.97. The van der Waals surface area contributed by atoms with Gasteiger partial charge in [-0.05, 0) is 25.0 Å². The molecule has 1 N–H and O–H groups in total. The molecule has 0 unspecified atom stereocenters. The normalized spacial score (nSPS) is 21.2. The summed E-state index contributed by atoms with van der Waals surface area (Å²) in [7, 11) is 0. The first-order valence-corrected chi connectivity index (χ1v) is 6.83. The maximum atomic E-state index is 13.6. The summed E-state index contributed by atoms with van der Waals surface area (Å²) in [4.78, 5) is 14.2. The smallest absolute Gasteiger partial charge is 0.225 e. The third-order valence-electron chi connectivity index (χ3n) is 3.59. The minimum absolute atomic E-state index is 0.122. The van der Waals surface area contributed by atoms with Gasteiger partial charge in [-0.15, -0.1) is 0 Å². The molecule has 1 aromatic rings. The molecule has 0 saturated carbocycles. The van der Waals surface area contributed by atoms with Crippen LogP contribution >= 0.6 is 0 Å². The van der Waals surface area contributed by atoms with Gasteiger partial charge < -0.3 is 10.2 Å². The largest absolute Gasteiger partial charge is 0.340 e. The highest BCUT2D eigenvalue weighted by Gasteiger charge is 2.25. The van der Waals surface area contributed by atoms with Gasteiger partial charge in [0, 0.05) is 31.6 Å². The SMILES string of the molecule is C[C@@H]1CN(C(=O)[C@H](C)Cc2ccccc2F)CCN1. The number of nitrogens with one attached hydrogen (secondary N) is 1. The van der Waals surface area contributed by atoms with Gasteiger partial charge >= 0.3 is 0 Å². The molecule has 1 saturated heterocycles. The van der Waals surface area contributed by atoms with Gasteiger partial charge in [-0.25, -0.2) is 4.39 Å². The number of amides is 1. The van der Waals surface area contributed by atoms with Gasteiger partial charge in [0.25, 0.3) is 0 Å². The van der Waals surface area contributed by atoms with Crippen LogP contribution in [-0.2, 0) is 11.2 Å². The highest BCUT2D eigenvalue weighted by Crippen LogP contribution is 2.15. The number of nitrogens with zero attached hydrogens (tertiary/aromatic N) is 1. The predicted octanol–water partition coefficient (Wildman–Crippen LogP) is 1.82. The zero-order valence-corrected chi connectivity index (χ0v) is 11.5. The number of carbonyl (C=O) groups is 1. The van der Waals surface area contributed by atoms with Crippen LogP contribution in [0.5, 0.6) is 0 Å². The van der Waals surface area contributed by atoms with E-state index in [0.29, 0.717) is 18.0 Å². The van der Waals surface area contributed by atoms with Crippen LogP contribution in [-0.4, -0.2) is 36.5 Å². The Morgan fingerprint density at radius 1 is 1.53 bits per heavy atom. The number of halogens is 1. The molecule has 4 heteroatoms. The van der Waals surface area contributed by atoms with Gasteiger partial charge in [0.15, 0.2) is 0 Å². The Kier molecular flexibility index (Phi) is 4.53. The first kappa shape index (κ1) is 14.0. The Morgan fingerprint density at radius 2 is 2.26 bits per heavy atom. The Hall–Kier alpha value is -1.42. The zero-order valence-electron chi connectivity index (χ0n) is 11.5. The number of rotatable bonds is 3. The number of benzene rings is 1. The van der Waals surface area contributed by atoms with E-state index in [9.17, 15) is 9.18 Å². The van der Waals surface area contributed by atoms with E-state index < -0.39 is 0 Å². The van der Waals surface area contributed by atoms with Gasteiger partial charge in [0.2, 0.25) is 5.91 Å². The summed E-state index contributed by atoms with van der Waals surface area (Å²) in [6.45, 7) is 6.26. The second-order valence-corrected chi connectivity index (χ2v) is 5.34. The average Bonchev–Trinajstić information content (AvgIpc) is 2.40. The van der Waals surface area contributed by atoms with E-state index in [4.69, 9.17) is 0 Å². The molecule has 1 heterocycles. The van der Waals surface area contributed by atoms with E-state index in [1.54, 1.807) is 12.1 Å². The number of carbonyl (C=O) groups excluding carboxylic acids is 1. The monoisotopic (exact) mass is 264 g/mol. The van der Waals surface area contributed by atoms with E-state index >= 15 is 0 Å². The highest BCUT2D eigenvalue weighted by atomic mass is 19.1. The molecule has 104 valence electrons. The third-order valence-corrected chi connectivity index (χ3v) is 3.59. The fourth-order valence-electron chi connectivity index (χ4n) is 2.53. The standard InChI is InChI=1S/C15H21FN2O/c1-11(9-13-5-3-4-6-14(13)16)15(19)18-8-7-17-12(2)10-18/h3-6,11-12,17H,7-10H2,1-2H3/t11-,12-/m1/s1. The molecule has 1 aromatic carbocycles. The van der Waals surface area contributed by atoms with Gasteiger partial charge in [0.1, 0.15) is 5.82 Å². The second-order valence-electron chi connectivity index (χ2n) is 5.34. The summed E-state index contributed by atoms with van der Waals surface area (Å²) in [6.07, 6.45) is 0.462. The minimum atomic E-state index is -0.226. The lowest BCUT2D eigenvalue weighted by Crippen LogP contribution is -2.52. The van der Waals surface area contributed by atoms with Crippen molar-refractivity contribution in [1.82, 2.24) is 10.2 Å². The van der Waals surface area contributed by atoms with Crippen molar-refractivity contribution in [3.63, 3.8) is 0 Å². The van der Waals surface area contributed by atoms with Crippen LogP contribution in [0, 0.1) is 11.7 Å². The first-order chi connectivity index (χ1) is 9.08. The molecule has 0 aliphatic carbocycles. The topological polar surface area (TPSA) is 32.3 Å². The molecule has 0 aromatic heterocycles. The zero-order chi connectivity index (χ0) is 13.8. The fraction of sp³-hybridized carbons (Fsp3) is 0.533. The van der Waals surface area contributed by atoms with Crippen LogP contribution in [0.15, 0.2) is 24.3 Å². The van der Waals surface area contributed by atoms with Crippen molar-refractivity contribution in [3.05, 3.63) is 35.6 Å². The van der Waals surface area contributed by atoms with Crippen molar-refractivity contribution >= 4 is 5.91 Å². The van der Waals surface area contributed by atoms with Crippen LogP contribution in [0.2, 0.25) is 0 Å². The lowest BCUT2D eigenvalue weighted by Gasteiger charge is -2.33. The van der Waals surface area contributed by atoms with Crippen molar-refractivity contribution in [1.29, 1.82) is 0 Å². The lowest BCUT2D eigenvalue weighted by atomic mass is 9.99. The molecule has 19 heavy (non-hydrogen) atoms.